The van der Waals surface area contributed by atoms with E-state index in [0.717, 1.165) is 23.9 Å². The molecule has 26 heavy (non-hydrogen) atoms. The number of benzene rings is 1. The van der Waals surface area contributed by atoms with E-state index in [1.54, 1.807) is 32.4 Å². The van der Waals surface area contributed by atoms with Crippen LogP contribution in [-0.2, 0) is 20.6 Å². The van der Waals surface area contributed by atoms with E-state index < -0.39 is 19.0 Å². The number of nitrogens with zero attached hydrogens (tertiary/aromatic N) is 2. The Morgan fingerprint density at radius 1 is 1.15 bits per heavy atom. The minimum atomic E-state index is -0.880. The van der Waals surface area contributed by atoms with Crippen LogP contribution in [0.25, 0.3) is 10.9 Å². The van der Waals surface area contributed by atoms with Gasteiger partial charge in [0.2, 0.25) is 6.79 Å². The number of rotatable bonds is 7. The molecular weight excluding hydrogens is 340 g/mol. The zero-order chi connectivity index (χ0) is 19.1. The summed E-state index contributed by atoms with van der Waals surface area (Å²) in [5.74, 6) is 0.709. The van der Waals surface area contributed by atoms with E-state index in [9.17, 15) is 9.59 Å². The molecule has 0 bridgehead atoms. The molecule has 0 amide bonds. The number of ether oxygens (including phenoxy) is 4. The number of carbonyl (C=O) groups is 2. The molecule has 0 unspecified atom stereocenters. The van der Waals surface area contributed by atoms with E-state index in [1.807, 2.05) is 20.2 Å². The average molecular weight is 364 g/mol. The summed E-state index contributed by atoms with van der Waals surface area (Å²) in [4.78, 5) is 25.6. The van der Waals surface area contributed by atoms with Gasteiger partial charge < -0.3 is 23.8 Å². The van der Waals surface area contributed by atoms with Crippen LogP contribution in [0.2, 0.25) is 0 Å². The van der Waals surface area contributed by atoms with Crippen LogP contribution in [0.3, 0.4) is 0 Å². The fourth-order valence-corrected chi connectivity index (χ4v) is 2.46. The second-order valence-electron chi connectivity index (χ2n) is 5.82. The Balaban J connectivity index is 2.20. The lowest BCUT2D eigenvalue weighted by molar-refractivity contribution is -0.0124. The largest absolute Gasteiger partial charge is 0.511 e. The normalized spacial score (nSPS) is 10.8. The monoisotopic (exact) mass is 364 g/mol. The minimum Gasteiger partial charge on any atom is -0.497 e. The van der Waals surface area contributed by atoms with Crippen molar-refractivity contribution in [3.05, 3.63) is 30.0 Å². The SMILES string of the molecule is CCOC(=O)OCOC(=O)n1cc(CCN(C)C)c2cc(OC)ccc21. The molecule has 2 rings (SSSR count). The minimum absolute atomic E-state index is 0.187. The Labute approximate surface area is 152 Å². The van der Waals surface area contributed by atoms with Gasteiger partial charge in [-0.25, -0.2) is 9.59 Å². The van der Waals surface area contributed by atoms with Crippen LogP contribution in [-0.4, -0.2) is 62.9 Å². The quantitative estimate of drug-likeness (QED) is 0.552. The first-order valence-electron chi connectivity index (χ1n) is 8.25. The van der Waals surface area contributed by atoms with Gasteiger partial charge in [-0.1, -0.05) is 0 Å². The molecule has 8 heteroatoms. The van der Waals surface area contributed by atoms with E-state index in [4.69, 9.17) is 9.47 Å². The Morgan fingerprint density at radius 2 is 1.92 bits per heavy atom. The fraction of sp³-hybridized carbons (Fsp3) is 0.444. The summed E-state index contributed by atoms with van der Waals surface area (Å²) in [5.41, 5.74) is 1.69. The number of carbonyl (C=O) groups excluding carboxylic acids is 2. The number of likely N-dealkylation sites (N-methyl/N-ethyl adjacent to an activating group) is 1. The number of hydrogen-bond donors (Lipinski definition) is 0. The van der Waals surface area contributed by atoms with Crippen molar-refractivity contribution < 1.29 is 28.5 Å². The van der Waals surface area contributed by atoms with Crippen LogP contribution >= 0.6 is 0 Å². The van der Waals surface area contributed by atoms with Crippen LogP contribution in [0.5, 0.6) is 5.75 Å². The molecule has 0 saturated heterocycles. The van der Waals surface area contributed by atoms with Crippen LogP contribution in [0.4, 0.5) is 9.59 Å². The van der Waals surface area contributed by atoms with Gasteiger partial charge in [0.05, 0.1) is 19.2 Å². The van der Waals surface area contributed by atoms with Crippen molar-refractivity contribution in [1.82, 2.24) is 9.47 Å². The van der Waals surface area contributed by atoms with Crippen LogP contribution in [0.1, 0.15) is 12.5 Å². The maximum atomic E-state index is 12.4. The predicted molar refractivity (Wildman–Crippen MR) is 95.6 cm³/mol. The van der Waals surface area contributed by atoms with Gasteiger partial charge in [-0.3, -0.25) is 4.57 Å². The molecule has 1 heterocycles. The molecule has 142 valence electrons. The van der Waals surface area contributed by atoms with Crippen molar-refractivity contribution in [2.45, 2.75) is 13.3 Å². The molecule has 2 aromatic rings. The smallest absolute Gasteiger partial charge is 0.497 e. The average Bonchev–Trinajstić information content (AvgIpc) is 2.98. The third-order valence-electron chi connectivity index (χ3n) is 3.74. The highest BCUT2D eigenvalue weighted by molar-refractivity contribution is 5.92. The highest BCUT2D eigenvalue weighted by Gasteiger charge is 2.16. The molecule has 8 nitrogen and oxygen atoms in total. The van der Waals surface area contributed by atoms with Crippen molar-refractivity contribution in [2.24, 2.45) is 0 Å². The summed E-state index contributed by atoms with van der Waals surface area (Å²) in [6, 6.07) is 5.46. The topological polar surface area (TPSA) is 79.2 Å². The third-order valence-corrected chi connectivity index (χ3v) is 3.74. The molecule has 0 aliphatic heterocycles. The second kappa shape index (κ2) is 9.10. The lowest BCUT2D eigenvalue weighted by Crippen LogP contribution is -2.17. The van der Waals surface area contributed by atoms with Gasteiger partial charge in [0.25, 0.3) is 0 Å². The summed E-state index contributed by atoms with van der Waals surface area (Å²) >= 11 is 0. The zero-order valence-corrected chi connectivity index (χ0v) is 15.5. The van der Waals surface area contributed by atoms with Crippen molar-refractivity contribution in [3.8, 4) is 5.75 Å². The molecule has 0 N–H and O–H groups in total. The van der Waals surface area contributed by atoms with Gasteiger partial charge in [-0.2, -0.15) is 0 Å². The Kier molecular flexibility index (Phi) is 6.85. The van der Waals surface area contributed by atoms with E-state index in [0.29, 0.717) is 11.3 Å². The van der Waals surface area contributed by atoms with Gasteiger partial charge in [-0.15, -0.1) is 0 Å². The number of aromatic nitrogens is 1. The van der Waals surface area contributed by atoms with Crippen molar-refractivity contribution in [2.75, 3.05) is 41.1 Å². The summed E-state index contributed by atoms with van der Waals surface area (Å²) in [7, 11) is 5.57. The van der Waals surface area contributed by atoms with Gasteiger partial charge in [0.1, 0.15) is 5.75 Å². The summed E-state index contributed by atoms with van der Waals surface area (Å²) < 4.78 is 21.0. The van der Waals surface area contributed by atoms with Crippen LogP contribution in [0, 0.1) is 0 Å². The van der Waals surface area contributed by atoms with Crippen LogP contribution < -0.4 is 4.74 Å². The van der Waals surface area contributed by atoms with E-state index in [2.05, 4.69) is 14.4 Å². The standard InChI is InChI=1S/C18H24N2O6/c1-5-24-18(22)26-12-25-17(21)20-11-13(8-9-19(2)3)15-10-14(23-4)6-7-16(15)20/h6-7,10-11H,5,8-9,12H2,1-4H3. The Hall–Kier alpha value is -2.74. The van der Waals surface area contributed by atoms with Gasteiger partial charge >= 0.3 is 12.2 Å². The van der Waals surface area contributed by atoms with Gasteiger partial charge in [0, 0.05) is 18.1 Å². The van der Waals surface area contributed by atoms with Gasteiger partial charge in [0.15, 0.2) is 0 Å². The van der Waals surface area contributed by atoms with Crippen molar-refractivity contribution >= 4 is 23.2 Å². The molecule has 0 saturated carbocycles. The Morgan fingerprint density at radius 3 is 2.58 bits per heavy atom. The van der Waals surface area contributed by atoms with E-state index in [1.165, 1.54) is 4.57 Å². The zero-order valence-electron chi connectivity index (χ0n) is 15.5. The number of fused-ring (bicyclic) bond motifs is 1. The molecule has 1 aromatic heterocycles. The fourth-order valence-electron chi connectivity index (χ4n) is 2.46. The molecular formula is C18H24N2O6. The predicted octanol–water partition coefficient (Wildman–Crippen LogP) is 2.87. The van der Waals surface area contributed by atoms with E-state index in [-0.39, 0.29) is 6.61 Å². The maximum Gasteiger partial charge on any atom is 0.511 e. The molecule has 0 spiro atoms. The van der Waals surface area contributed by atoms with Crippen molar-refractivity contribution in [1.29, 1.82) is 0 Å². The second-order valence-corrected chi connectivity index (χ2v) is 5.82. The lowest BCUT2D eigenvalue weighted by atomic mass is 10.1. The number of methoxy groups -OCH3 is 1. The first-order valence-corrected chi connectivity index (χ1v) is 8.25. The molecule has 0 atom stereocenters. The van der Waals surface area contributed by atoms with Crippen LogP contribution in [0.15, 0.2) is 24.4 Å². The summed E-state index contributed by atoms with van der Waals surface area (Å²) in [6.07, 6.45) is 0.978. The molecule has 1 aromatic carbocycles. The van der Waals surface area contributed by atoms with Gasteiger partial charge in [-0.05, 0) is 51.2 Å². The lowest BCUT2D eigenvalue weighted by Gasteiger charge is -2.08. The highest BCUT2D eigenvalue weighted by atomic mass is 16.8. The highest BCUT2D eigenvalue weighted by Crippen LogP contribution is 2.26. The molecule has 0 aliphatic carbocycles. The first kappa shape index (κ1) is 19.6. The number of hydrogen-bond acceptors (Lipinski definition) is 7. The maximum absolute atomic E-state index is 12.4. The molecule has 0 aliphatic rings. The molecule has 0 fully saturated rings. The third kappa shape index (κ3) is 4.89. The van der Waals surface area contributed by atoms with E-state index >= 15 is 0 Å². The first-order chi connectivity index (χ1) is 12.5. The molecule has 0 radical (unpaired) electrons. The van der Waals surface area contributed by atoms with Crippen molar-refractivity contribution in [3.63, 3.8) is 0 Å². The summed E-state index contributed by atoms with van der Waals surface area (Å²) in [6.45, 7) is 2.16. The Bertz CT molecular complexity index is 768. The summed E-state index contributed by atoms with van der Waals surface area (Å²) in [5, 5.41) is 0.912.